The van der Waals surface area contributed by atoms with Crippen LogP contribution >= 0.6 is 23.2 Å². The number of pyridine rings is 1. The van der Waals surface area contributed by atoms with E-state index in [-0.39, 0.29) is 29.2 Å². The van der Waals surface area contributed by atoms with E-state index in [0.717, 1.165) is 10.1 Å². The van der Waals surface area contributed by atoms with Crippen molar-refractivity contribution in [2.24, 2.45) is 10.2 Å². The summed E-state index contributed by atoms with van der Waals surface area (Å²) in [6.07, 6.45) is 0.499. The summed E-state index contributed by atoms with van der Waals surface area (Å²) < 4.78 is 1.13. The molecule has 29 heavy (non-hydrogen) atoms. The maximum atomic E-state index is 13.0. The topological polar surface area (TPSA) is 90.7 Å². The van der Waals surface area contributed by atoms with Gasteiger partial charge < -0.3 is 5.11 Å². The Morgan fingerprint density at radius 2 is 1.86 bits per heavy atom. The highest BCUT2D eigenvalue weighted by atomic mass is 35.5. The Labute approximate surface area is 177 Å². The monoisotopic (exact) mass is 426 g/mol. The van der Waals surface area contributed by atoms with E-state index in [1.54, 1.807) is 12.1 Å². The van der Waals surface area contributed by atoms with Crippen LogP contribution in [-0.2, 0) is 13.0 Å². The fourth-order valence-corrected chi connectivity index (χ4v) is 3.14. The Hall–Kier alpha value is -3.14. The fraction of sp³-hybridized carbons (Fsp3) is 0.143. The van der Waals surface area contributed by atoms with E-state index in [4.69, 9.17) is 23.2 Å². The van der Waals surface area contributed by atoms with Gasteiger partial charge in [0.1, 0.15) is 17.3 Å². The van der Waals surface area contributed by atoms with Crippen LogP contribution in [0.4, 0.5) is 11.4 Å². The van der Waals surface area contributed by atoms with Gasteiger partial charge in [-0.1, -0.05) is 53.5 Å². The first-order chi connectivity index (χ1) is 13.9. The van der Waals surface area contributed by atoms with Gasteiger partial charge in [0.05, 0.1) is 5.02 Å². The second-order valence-electron chi connectivity index (χ2n) is 6.27. The predicted molar refractivity (Wildman–Crippen MR) is 113 cm³/mol. The molecule has 1 heterocycles. The van der Waals surface area contributed by atoms with Crippen LogP contribution in [0.5, 0.6) is 5.88 Å². The Morgan fingerprint density at radius 3 is 2.55 bits per heavy atom. The van der Waals surface area contributed by atoms with E-state index in [2.05, 4.69) is 10.2 Å². The zero-order valence-electron chi connectivity index (χ0n) is 15.4. The van der Waals surface area contributed by atoms with Gasteiger partial charge in [-0.3, -0.25) is 9.36 Å². The molecule has 0 aliphatic heterocycles. The van der Waals surface area contributed by atoms with Crippen LogP contribution in [0.3, 0.4) is 0 Å². The van der Waals surface area contributed by atoms with Crippen molar-refractivity contribution >= 4 is 34.6 Å². The number of rotatable bonds is 5. The molecule has 0 aliphatic rings. The fourth-order valence-electron chi connectivity index (χ4n) is 2.82. The summed E-state index contributed by atoms with van der Waals surface area (Å²) in [5, 5.41) is 28.7. The Balaban J connectivity index is 2.05. The van der Waals surface area contributed by atoms with E-state index in [1.807, 2.05) is 36.4 Å². The van der Waals surface area contributed by atoms with Crippen LogP contribution in [0.2, 0.25) is 10.0 Å². The summed E-state index contributed by atoms with van der Waals surface area (Å²) in [5.41, 5.74) is 0.920. The molecule has 0 unspecified atom stereocenters. The molecule has 0 spiro atoms. The molecule has 146 valence electrons. The number of aromatic hydroxyl groups is 1. The van der Waals surface area contributed by atoms with Gasteiger partial charge >= 0.3 is 0 Å². The molecular weight excluding hydrogens is 411 g/mol. The predicted octanol–water partition coefficient (Wildman–Crippen LogP) is 5.70. The number of aryl methyl sites for hydroxylation is 1. The molecule has 0 fully saturated rings. The number of benzene rings is 2. The quantitative estimate of drug-likeness (QED) is 0.530. The lowest BCUT2D eigenvalue weighted by atomic mass is 10.1. The molecule has 0 saturated carbocycles. The third kappa shape index (κ3) is 4.48. The van der Waals surface area contributed by atoms with Crippen molar-refractivity contribution in [3.63, 3.8) is 0 Å². The number of hydrogen-bond donors (Lipinski definition) is 1. The van der Waals surface area contributed by atoms with Crippen LogP contribution in [-0.4, -0.2) is 9.67 Å². The molecule has 1 N–H and O–H groups in total. The molecule has 0 saturated heterocycles. The molecular formula is C21H16Cl2N4O2. The molecule has 6 nitrogen and oxygen atoms in total. The van der Waals surface area contributed by atoms with Gasteiger partial charge in [-0.05, 0) is 37.1 Å². The summed E-state index contributed by atoms with van der Waals surface area (Å²) in [4.78, 5) is 13.0. The second kappa shape index (κ2) is 8.91. The molecule has 0 radical (unpaired) electrons. The lowest BCUT2D eigenvalue weighted by Gasteiger charge is -2.13. The van der Waals surface area contributed by atoms with E-state index >= 15 is 0 Å². The minimum absolute atomic E-state index is 0.0243. The number of aromatic nitrogens is 1. The number of nitrogens with zero attached hydrogens (tertiary/aromatic N) is 4. The highest BCUT2D eigenvalue weighted by Gasteiger charge is 2.19. The summed E-state index contributed by atoms with van der Waals surface area (Å²) in [7, 11) is 0. The average molecular weight is 427 g/mol. The van der Waals surface area contributed by atoms with E-state index < -0.39 is 5.56 Å². The van der Waals surface area contributed by atoms with Crippen LogP contribution in [0.25, 0.3) is 0 Å². The highest BCUT2D eigenvalue weighted by molar-refractivity contribution is 6.35. The van der Waals surface area contributed by atoms with Crippen LogP contribution in [0.1, 0.15) is 16.7 Å². The van der Waals surface area contributed by atoms with Gasteiger partial charge in [-0.25, -0.2) is 0 Å². The zero-order valence-corrected chi connectivity index (χ0v) is 16.9. The minimum Gasteiger partial charge on any atom is -0.493 e. The van der Waals surface area contributed by atoms with Gasteiger partial charge in [-0.2, -0.15) is 5.26 Å². The van der Waals surface area contributed by atoms with Gasteiger partial charge in [-0.15, -0.1) is 10.2 Å². The Kier molecular flexibility index (Phi) is 6.32. The molecule has 0 atom stereocenters. The lowest BCUT2D eigenvalue weighted by molar-refractivity contribution is 0.404. The molecule has 0 aliphatic carbocycles. The van der Waals surface area contributed by atoms with Crippen molar-refractivity contribution in [1.82, 2.24) is 4.57 Å². The largest absolute Gasteiger partial charge is 0.493 e. The first-order valence-electron chi connectivity index (χ1n) is 8.69. The van der Waals surface area contributed by atoms with E-state index in [9.17, 15) is 15.2 Å². The third-order valence-electron chi connectivity index (χ3n) is 4.40. The molecule has 0 bridgehead atoms. The number of azo groups is 1. The SMILES string of the molecule is Cc1c(C#N)c(O)n(CCc2ccccc2)c(=O)c1N=Nc1cc(Cl)ccc1Cl. The van der Waals surface area contributed by atoms with Crippen molar-refractivity contribution in [2.75, 3.05) is 0 Å². The number of hydrogen-bond acceptors (Lipinski definition) is 5. The Bertz CT molecular complexity index is 1180. The minimum atomic E-state index is -0.545. The van der Waals surface area contributed by atoms with Crippen LogP contribution < -0.4 is 5.56 Å². The van der Waals surface area contributed by atoms with Crippen molar-refractivity contribution in [3.8, 4) is 11.9 Å². The molecule has 1 aromatic heterocycles. The second-order valence-corrected chi connectivity index (χ2v) is 7.12. The summed E-state index contributed by atoms with van der Waals surface area (Å²) >= 11 is 12.0. The molecule has 2 aromatic carbocycles. The van der Waals surface area contributed by atoms with Crippen molar-refractivity contribution in [1.29, 1.82) is 5.26 Å². The van der Waals surface area contributed by atoms with E-state index in [0.29, 0.717) is 22.2 Å². The molecule has 3 aromatic rings. The maximum absolute atomic E-state index is 13.0. The average Bonchev–Trinajstić information content (AvgIpc) is 2.71. The first kappa shape index (κ1) is 20.6. The number of halogens is 2. The first-order valence-corrected chi connectivity index (χ1v) is 9.45. The van der Waals surface area contributed by atoms with E-state index in [1.165, 1.54) is 13.0 Å². The van der Waals surface area contributed by atoms with Crippen LogP contribution in [0.15, 0.2) is 63.6 Å². The summed E-state index contributed by atoms with van der Waals surface area (Å²) in [6.45, 7) is 1.72. The van der Waals surface area contributed by atoms with Gasteiger partial charge in [0.15, 0.2) is 5.69 Å². The molecule has 0 amide bonds. The van der Waals surface area contributed by atoms with Crippen LogP contribution in [0, 0.1) is 18.3 Å². The third-order valence-corrected chi connectivity index (χ3v) is 4.96. The van der Waals surface area contributed by atoms with Gasteiger partial charge in [0.2, 0.25) is 5.88 Å². The van der Waals surface area contributed by atoms with Crippen molar-refractivity contribution in [3.05, 3.63) is 85.6 Å². The maximum Gasteiger partial charge on any atom is 0.281 e. The van der Waals surface area contributed by atoms with Gasteiger partial charge in [0, 0.05) is 17.1 Å². The summed E-state index contributed by atoms with van der Waals surface area (Å²) in [5.74, 6) is -0.384. The normalized spacial score (nSPS) is 11.0. The standard InChI is InChI=1S/C21H16Cl2N4O2/c1-13-16(12-24)20(28)27(10-9-14-5-3-2-4-6-14)21(29)19(13)26-25-18-11-15(22)7-8-17(18)23/h2-8,11,28H,9-10H2,1H3. The van der Waals surface area contributed by atoms with Gasteiger partial charge in [0.25, 0.3) is 5.56 Å². The highest BCUT2D eigenvalue weighted by Crippen LogP contribution is 2.31. The van der Waals surface area contributed by atoms with Crippen molar-refractivity contribution < 1.29 is 5.11 Å². The molecule has 8 heteroatoms. The Morgan fingerprint density at radius 1 is 1.14 bits per heavy atom. The number of nitriles is 1. The lowest BCUT2D eigenvalue weighted by Crippen LogP contribution is -2.22. The summed E-state index contributed by atoms with van der Waals surface area (Å²) in [6, 6.07) is 16.1. The van der Waals surface area contributed by atoms with Crippen molar-refractivity contribution in [2.45, 2.75) is 19.9 Å². The smallest absolute Gasteiger partial charge is 0.281 e. The zero-order chi connectivity index (χ0) is 21.0. The molecule has 3 rings (SSSR count).